The zero-order valence-corrected chi connectivity index (χ0v) is 26.4. The van der Waals surface area contributed by atoms with Crippen LogP contribution in [0.25, 0.3) is 22.4 Å². The summed E-state index contributed by atoms with van der Waals surface area (Å²) >= 11 is 1.69. The molecule has 0 bridgehead atoms. The van der Waals surface area contributed by atoms with E-state index in [1.807, 2.05) is 90.0 Å². The standard InChI is InChI=1S/C35H27N5O2S.2ClH/c41-34(28-11-5-4-10-27(28)23-8-2-1-3-9-23)38-25-16-14-24(15-17-25)35(42)40-19-18-31-33(29-12-6-7-13-30(29)40)39-32(43-31)20-26-21-36-22-37-26;;/h1-17,21-22H,18-20H2,(H,36,37)(H,38,41);2*1H. The molecule has 0 saturated heterocycles. The quantitative estimate of drug-likeness (QED) is 0.190. The van der Waals surface area contributed by atoms with Crippen LogP contribution in [0.3, 0.4) is 0 Å². The Kier molecular flexibility index (Phi) is 9.78. The Balaban J connectivity index is 0.00000200. The normalized spacial score (nSPS) is 11.7. The summed E-state index contributed by atoms with van der Waals surface area (Å²) in [7, 11) is 0. The van der Waals surface area contributed by atoms with Crippen LogP contribution in [-0.2, 0) is 12.8 Å². The molecule has 2 N–H and O–H groups in total. The van der Waals surface area contributed by atoms with Gasteiger partial charge >= 0.3 is 0 Å². The second-order valence-corrected chi connectivity index (χ2v) is 11.5. The number of aromatic nitrogens is 3. The summed E-state index contributed by atoms with van der Waals surface area (Å²) < 4.78 is 0. The Hall–Kier alpha value is -4.76. The minimum absolute atomic E-state index is 0. The highest BCUT2D eigenvalue weighted by Crippen LogP contribution is 2.39. The maximum absolute atomic E-state index is 13.8. The molecule has 2 aromatic heterocycles. The van der Waals surface area contributed by atoms with Crippen LogP contribution in [0.15, 0.2) is 116 Å². The Bertz CT molecular complexity index is 1930. The zero-order chi connectivity index (χ0) is 29.2. The van der Waals surface area contributed by atoms with Gasteiger partial charge in [0.15, 0.2) is 0 Å². The maximum atomic E-state index is 13.8. The van der Waals surface area contributed by atoms with Crippen LogP contribution in [-0.4, -0.2) is 33.3 Å². The average molecular weight is 655 g/mol. The van der Waals surface area contributed by atoms with Gasteiger partial charge in [-0.15, -0.1) is 36.2 Å². The van der Waals surface area contributed by atoms with E-state index >= 15 is 0 Å². The Morgan fingerprint density at radius 2 is 1.56 bits per heavy atom. The van der Waals surface area contributed by atoms with Gasteiger partial charge in [-0.3, -0.25) is 9.59 Å². The van der Waals surface area contributed by atoms with Crippen LogP contribution in [0.2, 0.25) is 0 Å². The van der Waals surface area contributed by atoms with E-state index in [9.17, 15) is 9.59 Å². The van der Waals surface area contributed by atoms with E-state index in [0.29, 0.717) is 36.2 Å². The van der Waals surface area contributed by atoms with Crippen molar-refractivity contribution in [2.45, 2.75) is 12.8 Å². The second-order valence-electron chi connectivity index (χ2n) is 10.3. The number of carbonyl (C=O) groups is 2. The third-order valence-electron chi connectivity index (χ3n) is 7.54. The first kappa shape index (κ1) is 31.7. The first-order chi connectivity index (χ1) is 21.1. The highest BCUT2D eigenvalue weighted by Gasteiger charge is 2.27. The van der Waals surface area contributed by atoms with Gasteiger partial charge in [0.05, 0.1) is 22.7 Å². The Morgan fingerprint density at radius 1 is 0.844 bits per heavy atom. The predicted octanol–water partition coefficient (Wildman–Crippen LogP) is 8.09. The average Bonchev–Trinajstić information content (AvgIpc) is 3.69. The summed E-state index contributed by atoms with van der Waals surface area (Å²) in [5.41, 5.74) is 7.37. The predicted molar refractivity (Wildman–Crippen MR) is 185 cm³/mol. The van der Waals surface area contributed by atoms with E-state index < -0.39 is 0 Å². The van der Waals surface area contributed by atoms with Gasteiger partial charge in [-0.25, -0.2) is 9.97 Å². The number of amides is 2. The van der Waals surface area contributed by atoms with Crippen molar-refractivity contribution < 1.29 is 9.59 Å². The molecule has 45 heavy (non-hydrogen) atoms. The van der Waals surface area contributed by atoms with E-state index in [2.05, 4.69) is 15.3 Å². The van der Waals surface area contributed by atoms with Crippen molar-refractivity contribution in [3.05, 3.63) is 142 Å². The highest BCUT2D eigenvalue weighted by atomic mass is 35.5. The number of benzene rings is 4. The second kappa shape index (κ2) is 13.9. The first-order valence-corrected chi connectivity index (χ1v) is 14.9. The van der Waals surface area contributed by atoms with Crippen LogP contribution in [0.5, 0.6) is 0 Å². The largest absolute Gasteiger partial charge is 0.348 e. The third kappa shape index (κ3) is 6.54. The lowest BCUT2D eigenvalue weighted by molar-refractivity contribution is 0.0986. The fourth-order valence-electron chi connectivity index (χ4n) is 5.46. The number of rotatable bonds is 6. The van der Waals surface area contributed by atoms with Crippen molar-refractivity contribution in [1.29, 1.82) is 0 Å². The highest BCUT2D eigenvalue weighted by molar-refractivity contribution is 7.12. The van der Waals surface area contributed by atoms with Crippen molar-refractivity contribution in [2.24, 2.45) is 0 Å². The number of halogens is 2. The molecule has 0 aliphatic carbocycles. The lowest BCUT2D eigenvalue weighted by Crippen LogP contribution is -2.32. The van der Waals surface area contributed by atoms with Crippen molar-refractivity contribution in [3.8, 4) is 22.4 Å². The van der Waals surface area contributed by atoms with E-state index in [4.69, 9.17) is 4.98 Å². The minimum Gasteiger partial charge on any atom is -0.348 e. The van der Waals surface area contributed by atoms with Gasteiger partial charge < -0.3 is 15.2 Å². The van der Waals surface area contributed by atoms with Gasteiger partial charge in [-0.2, -0.15) is 0 Å². The molecule has 0 saturated carbocycles. The SMILES string of the molecule is Cl.Cl.O=C(Nc1ccc(C(=O)N2CCc3sc(Cc4cnc[nH]4)nc3-c3ccccc32)cc1)c1ccccc1-c1ccccc1. The molecule has 0 fully saturated rings. The molecule has 6 aromatic rings. The molecule has 0 radical (unpaired) electrons. The zero-order valence-electron chi connectivity index (χ0n) is 24.0. The monoisotopic (exact) mass is 653 g/mol. The van der Waals surface area contributed by atoms with Gasteiger partial charge in [-0.1, -0.05) is 66.7 Å². The maximum Gasteiger partial charge on any atom is 0.258 e. The van der Waals surface area contributed by atoms with E-state index in [1.54, 1.807) is 41.9 Å². The molecule has 4 aromatic carbocycles. The molecule has 226 valence electrons. The Morgan fingerprint density at radius 3 is 2.31 bits per heavy atom. The summed E-state index contributed by atoms with van der Waals surface area (Å²) in [6.45, 7) is 0.545. The molecule has 0 spiro atoms. The number of thiazole rings is 1. The summed E-state index contributed by atoms with van der Waals surface area (Å²) in [6, 6.07) is 32.4. The molecule has 1 aliphatic heterocycles. The summed E-state index contributed by atoms with van der Waals surface area (Å²) in [5.74, 6) is -0.293. The van der Waals surface area contributed by atoms with Crippen molar-refractivity contribution >= 4 is 59.3 Å². The number of fused-ring (bicyclic) bond motifs is 3. The molecule has 7 nitrogen and oxygen atoms in total. The van der Waals surface area contributed by atoms with Gasteiger partial charge in [-0.05, 0) is 47.5 Å². The lowest BCUT2D eigenvalue weighted by atomic mass is 9.99. The summed E-state index contributed by atoms with van der Waals surface area (Å²) in [6.07, 6.45) is 4.91. The lowest BCUT2D eigenvalue weighted by Gasteiger charge is -2.23. The molecular weight excluding hydrogens is 625 g/mol. The topological polar surface area (TPSA) is 91.0 Å². The van der Waals surface area contributed by atoms with Crippen molar-refractivity contribution in [3.63, 3.8) is 0 Å². The van der Waals surface area contributed by atoms with E-state index in [0.717, 1.165) is 38.8 Å². The number of carbonyl (C=O) groups excluding carboxylic acids is 2. The summed E-state index contributed by atoms with van der Waals surface area (Å²) in [4.78, 5) is 42.3. The van der Waals surface area contributed by atoms with Crippen LogP contribution >= 0.6 is 36.2 Å². The van der Waals surface area contributed by atoms with E-state index in [-0.39, 0.29) is 36.6 Å². The van der Waals surface area contributed by atoms with E-state index in [1.165, 1.54) is 4.88 Å². The number of imidazole rings is 1. The van der Waals surface area contributed by atoms with Gasteiger partial charge in [0.1, 0.15) is 0 Å². The number of aromatic amines is 1. The van der Waals surface area contributed by atoms with Crippen LogP contribution in [0.4, 0.5) is 11.4 Å². The van der Waals surface area contributed by atoms with Crippen LogP contribution < -0.4 is 10.2 Å². The van der Waals surface area contributed by atoms with Gasteiger partial charge in [0.25, 0.3) is 11.8 Å². The Labute approximate surface area is 277 Å². The molecule has 10 heteroatoms. The fourth-order valence-corrected chi connectivity index (χ4v) is 6.55. The number of nitrogens with one attached hydrogen (secondary N) is 2. The molecule has 2 amide bonds. The smallest absolute Gasteiger partial charge is 0.258 e. The number of para-hydroxylation sites is 1. The number of H-pyrrole nitrogens is 1. The van der Waals surface area contributed by atoms with Gasteiger partial charge in [0, 0.05) is 58.5 Å². The molecule has 7 rings (SSSR count). The molecule has 0 atom stereocenters. The number of nitrogens with zero attached hydrogens (tertiary/aromatic N) is 3. The number of anilines is 2. The van der Waals surface area contributed by atoms with Crippen LogP contribution in [0.1, 0.15) is 36.3 Å². The third-order valence-corrected chi connectivity index (χ3v) is 8.66. The van der Waals surface area contributed by atoms with Gasteiger partial charge in [0.2, 0.25) is 0 Å². The molecule has 0 unspecified atom stereocenters. The minimum atomic E-state index is -0.203. The number of hydrogen-bond acceptors (Lipinski definition) is 5. The molecule has 3 heterocycles. The van der Waals surface area contributed by atoms with Crippen LogP contribution in [0, 0.1) is 0 Å². The summed E-state index contributed by atoms with van der Waals surface area (Å²) in [5, 5.41) is 4.01. The van der Waals surface area contributed by atoms with Crippen molar-refractivity contribution in [1.82, 2.24) is 15.0 Å². The number of hydrogen-bond donors (Lipinski definition) is 2. The fraction of sp³-hybridized carbons (Fsp3) is 0.0857. The first-order valence-electron chi connectivity index (χ1n) is 14.1. The molecule has 1 aliphatic rings. The molecular formula is C35H29Cl2N5O2S. The van der Waals surface area contributed by atoms with Crippen molar-refractivity contribution in [2.75, 3.05) is 16.8 Å².